The normalized spacial score (nSPS) is 22.8. The highest BCUT2D eigenvalue weighted by Gasteiger charge is 2.18. The molecular formula is C14H20N2O. The summed E-state index contributed by atoms with van der Waals surface area (Å²) in [5, 5.41) is 0. The van der Waals surface area contributed by atoms with Gasteiger partial charge in [-0.1, -0.05) is 24.3 Å². The molecule has 0 radical (unpaired) electrons. The van der Waals surface area contributed by atoms with E-state index in [1.165, 1.54) is 0 Å². The lowest BCUT2D eigenvalue weighted by Gasteiger charge is -2.24. The minimum Gasteiger partial charge on any atom is -0.495 e. The fraction of sp³-hybridized carbons (Fsp3) is 0.429. The summed E-state index contributed by atoms with van der Waals surface area (Å²) in [6.45, 7) is 0.977. The minimum atomic E-state index is 0.228. The lowest BCUT2D eigenvalue weighted by Crippen LogP contribution is -2.26. The van der Waals surface area contributed by atoms with E-state index in [0.717, 1.165) is 24.4 Å². The van der Waals surface area contributed by atoms with Crippen LogP contribution in [0.25, 0.3) is 0 Å². The monoisotopic (exact) mass is 232 g/mol. The maximum absolute atomic E-state index is 5.87. The van der Waals surface area contributed by atoms with Gasteiger partial charge in [-0.25, -0.2) is 0 Å². The molecule has 0 bridgehead atoms. The zero-order valence-corrected chi connectivity index (χ0v) is 10.5. The Kier molecular flexibility index (Phi) is 3.69. The van der Waals surface area contributed by atoms with Crippen molar-refractivity contribution in [3.05, 3.63) is 36.4 Å². The molecule has 0 amide bonds. The number of nitrogens with two attached hydrogens (primary N) is 1. The summed E-state index contributed by atoms with van der Waals surface area (Å²) >= 11 is 0. The van der Waals surface area contributed by atoms with Crippen LogP contribution in [0.3, 0.4) is 0 Å². The van der Waals surface area contributed by atoms with Gasteiger partial charge in [-0.15, -0.1) is 0 Å². The van der Waals surface area contributed by atoms with Crippen molar-refractivity contribution in [2.45, 2.75) is 12.5 Å². The summed E-state index contributed by atoms with van der Waals surface area (Å²) in [7, 11) is 3.80. The van der Waals surface area contributed by atoms with E-state index in [4.69, 9.17) is 10.5 Å². The molecule has 3 nitrogen and oxygen atoms in total. The molecule has 3 heteroatoms. The van der Waals surface area contributed by atoms with Crippen LogP contribution in [0.1, 0.15) is 6.42 Å². The molecule has 0 fully saturated rings. The van der Waals surface area contributed by atoms with E-state index in [2.05, 4.69) is 30.2 Å². The molecule has 17 heavy (non-hydrogen) atoms. The second-order valence-corrected chi connectivity index (χ2v) is 4.60. The van der Waals surface area contributed by atoms with Crippen LogP contribution in [0.15, 0.2) is 36.4 Å². The molecule has 0 heterocycles. The third kappa shape index (κ3) is 2.80. The van der Waals surface area contributed by atoms with E-state index < -0.39 is 0 Å². The molecule has 2 unspecified atom stereocenters. The average Bonchev–Trinajstić information content (AvgIpc) is 2.74. The first-order valence-electron chi connectivity index (χ1n) is 5.98. The van der Waals surface area contributed by atoms with Gasteiger partial charge in [-0.2, -0.15) is 0 Å². The summed E-state index contributed by atoms with van der Waals surface area (Å²) in [6, 6.07) is 8.32. The number of para-hydroxylation sites is 2. The third-order valence-electron chi connectivity index (χ3n) is 3.21. The number of hydrogen-bond donors (Lipinski definition) is 1. The highest BCUT2D eigenvalue weighted by atomic mass is 16.5. The van der Waals surface area contributed by atoms with Gasteiger partial charge in [-0.3, -0.25) is 0 Å². The van der Waals surface area contributed by atoms with Gasteiger partial charge >= 0.3 is 0 Å². The molecule has 2 rings (SSSR count). The van der Waals surface area contributed by atoms with Gasteiger partial charge in [-0.05, 0) is 24.5 Å². The van der Waals surface area contributed by atoms with Crippen molar-refractivity contribution in [1.29, 1.82) is 0 Å². The first-order valence-corrected chi connectivity index (χ1v) is 5.98. The zero-order chi connectivity index (χ0) is 12.3. The van der Waals surface area contributed by atoms with Crippen molar-refractivity contribution in [3.63, 3.8) is 0 Å². The predicted molar refractivity (Wildman–Crippen MR) is 71.5 cm³/mol. The van der Waals surface area contributed by atoms with E-state index in [-0.39, 0.29) is 6.04 Å². The zero-order valence-electron chi connectivity index (χ0n) is 10.5. The van der Waals surface area contributed by atoms with Gasteiger partial charge in [0.2, 0.25) is 0 Å². The Morgan fingerprint density at radius 3 is 2.76 bits per heavy atom. The van der Waals surface area contributed by atoms with E-state index in [1.54, 1.807) is 7.11 Å². The van der Waals surface area contributed by atoms with Crippen LogP contribution in [0.5, 0.6) is 5.75 Å². The maximum atomic E-state index is 5.87. The number of benzene rings is 1. The molecule has 0 saturated heterocycles. The van der Waals surface area contributed by atoms with Crippen LogP contribution in [-0.2, 0) is 0 Å². The molecule has 92 valence electrons. The van der Waals surface area contributed by atoms with E-state index >= 15 is 0 Å². The molecular weight excluding hydrogens is 212 g/mol. The SMILES string of the molecule is COc1ccccc1N(C)CC1C=CC(N)C1. The largest absolute Gasteiger partial charge is 0.495 e. The number of anilines is 1. The first kappa shape index (κ1) is 12.0. The van der Waals surface area contributed by atoms with Crippen molar-refractivity contribution in [1.82, 2.24) is 0 Å². The quantitative estimate of drug-likeness (QED) is 0.807. The van der Waals surface area contributed by atoms with Gasteiger partial charge in [0.05, 0.1) is 12.8 Å². The van der Waals surface area contributed by atoms with Crippen LogP contribution in [0, 0.1) is 5.92 Å². The fourth-order valence-corrected chi connectivity index (χ4v) is 2.34. The van der Waals surface area contributed by atoms with Crippen molar-refractivity contribution < 1.29 is 4.74 Å². The van der Waals surface area contributed by atoms with Crippen molar-refractivity contribution in [2.75, 3.05) is 25.6 Å². The molecule has 0 aromatic heterocycles. The van der Waals surface area contributed by atoms with Gasteiger partial charge in [0.25, 0.3) is 0 Å². The Morgan fingerprint density at radius 2 is 2.12 bits per heavy atom. The molecule has 1 aliphatic carbocycles. The van der Waals surface area contributed by atoms with Crippen LogP contribution in [-0.4, -0.2) is 26.7 Å². The number of ether oxygens (including phenoxy) is 1. The smallest absolute Gasteiger partial charge is 0.142 e. The van der Waals surface area contributed by atoms with Crippen molar-refractivity contribution >= 4 is 5.69 Å². The Labute approximate surface area is 103 Å². The predicted octanol–water partition coefficient (Wildman–Crippen LogP) is 2.03. The van der Waals surface area contributed by atoms with Crippen LogP contribution >= 0.6 is 0 Å². The number of methoxy groups -OCH3 is 1. The third-order valence-corrected chi connectivity index (χ3v) is 3.21. The molecule has 2 N–H and O–H groups in total. The number of nitrogens with zero attached hydrogens (tertiary/aromatic N) is 1. The van der Waals surface area contributed by atoms with E-state index in [1.807, 2.05) is 18.2 Å². The van der Waals surface area contributed by atoms with Gasteiger partial charge in [0, 0.05) is 19.6 Å². The summed E-state index contributed by atoms with van der Waals surface area (Å²) < 4.78 is 5.37. The molecule has 0 spiro atoms. The first-order chi connectivity index (χ1) is 8.20. The minimum absolute atomic E-state index is 0.228. The number of rotatable bonds is 4. The Balaban J connectivity index is 2.04. The lowest BCUT2D eigenvalue weighted by atomic mass is 10.1. The van der Waals surface area contributed by atoms with Crippen LogP contribution in [0.4, 0.5) is 5.69 Å². The van der Waals surface area contributed by atoms with Gasteiger partial charge in [0.15, 0.2) is 0 Å². The average molecular weight is 232 g/mol. The maximum Gasteiger partial charge on any atom is 0.142 e. The van der Waals surface area contributed by atoms with E-state index in [9.17, 15) is 0 Å². The Morgan fingerprint density at radius 1 is 1.35 bits per heavy atom. The molecule has 1 aliphatic rings. The van der Waals surface area contributed by atoms with Gasteiger partial charge in [0.1, 0.15) is 5.75 Å². The summed E-state index contributed by atoms with van der Waals surface area (Å²) in [5.74, 6) is 1.46. The Bertz CT molecular complexity index is 403. The fourth-order valence-electron chi connectivity index (χ4n) is 2.34. The highest BCUT2D eigenvalue weighted by molar-refractivity contribution is 5.57. The highest BCUT2D eigenvalue weighted by Crippen LogP contribution is 2.28. The summed E-state index contributed by atoms with van der Waals surface area (Å²) in [4.78, 5) is 2.23. The molecule has 2 atom stereocenters. The number of hydrogen-bond acceptors (Lipinski definition) is 3. The standard InChI is InChI=1S/C14H20N2O/c1-16(10-11-7-8-12(15)9-11)13-5-3-4-6-14(13)17-2/h3-8,11-12H,9-10,15H2,1-2H3. The Hall–Kier alpha value is -1.48. The lowest BCUT2D eigenvalue weighted by molar-refractivity contribution is 0.414. The van der Waals surface area contributed by atoms with Crippen LogP contribution in [0.2, 0.25) is 0 Å². The second kappa shape index (κ2) is 5.23. The molecule has 0 aliphatic heterocycles. The van der Waals surface area contributed by atoms with E-state index in [0.29, 0.717) is 5.92 Å². The summed E-state index contributed by atoms with van der Waals surface area (Å²) in [5.41, 5.74) is 6.99. The molecule has 1 aromatic rings. The second-order valence-electron chi connectivity index (χ2n) is 4.60. The van der Waals surface area contributed by atoms with Crippen molar-refractivity contribution in [2.24, 2.45) is 11.7 Å². The topological polar surface area (TPSA) is 38.5 Å². The van der Waals surface area contributed by atoms with Gasteiger partial charge < -0.3 is 15.4 Å². The molecule has 0 saturated carbocycles. The summed E-state index contributed by atoms with van der Waals surface area (Å²) in [6.07, 6.45) is 5.36. The molecule has 1 aromatic carbocycles. The van der Waals surface area contributed by atoms with Crippen molar-refractivity contribution in [3.8, 4) is 5.75 Å². The van der Waals surface area contributed by atoms with Crippen LogP contribution < -0.4 is 15.4 Å².